The number of nitrogens with one attached hydrogen (secondary N) is 1. The molecule has 0 amide bonds. The predicted octanol–water partition coefficient (Wildman–Crippen LogP) is 0.0683. The van der Waals surface area contributed by atoms with E-state index in [1.807, 2.05) is 13.8 Å². The summed E-state index contributed by atoms with van der Waals surface area (Å²) in [6, 6.07) is 1.62. The first-order chi connectivity index (χ1) is 9.10. The highest BCUT2D eigenvalue weighted by molar-refractivity contribution is 5.35. The topological polar surface area (TPSA) is 115 Å². The number of aliphatic hydroxyl groups is 1. The average molecular weight is 263 g/mol. The van der Waals surface area contributed by atoms with Crippen molar-refractivity contribution in [3.05, 3.63) is 18.5 Å². The van der Waals surface area contributed by atoms with Crippen LogP contribution >= 0.6 is 0 Å². The lowest BCUT2D eigenvalue weighted by atomic mass is 10.1. The van der Waals surface area contributed by atoms with Gasteiger partial charge in [-0.25, -0.2) is 4.68 Å². The summed E-state index contributed by atoms with van der Waals surface area (Å²) >= 11 is 0. The van der Waals surface area contributed by atoms with Crippen LogP contribution in [0.5, 0.6) is 0 Å². The molecule has 0 bridgehead atoms. The summed E-state index contributed by atoms with van der Waals surface area (Å²) < 4.78 is 1.49. The third-order valence-electron chi connectivity index (χ3n) is 2.67. The molecule has 8 nitrogen and oxygen atoms in total. The normalized spacial score (nSPS) is 12.6. The molecule has 0 aromatic carbocycles. The number of anilines is 2. The van der Waals surface area contributed by atoms with E-state index in [1.165, 1.54) is 4.68 Å². The van der Waals surface area contributed by atoms with E-state index in [-0.39, 0.29) is 24.5 Å². The van der Waals surface area contributed by atoms with E-state index in [0.29, 0.717) is 11.9 Å². The van der Waals surface area contributed by atoms with E-state index >= 15 is 0 Å². The molecule has 19 heavy (non-hydrogen) atoms. The molecule has 0 saturated heterocycles. The van der Waals surface area contributed by atoms with Gasteiger partial charge in [0.25, 0.3) is 5.95 Å². The fourth-order valence-corrected chi connectivity index (χ4v) is 1.52. The molecule has 1 unspecified atom stereocenters. The lowest BCUT2D eigenvalue weighted by Crippen LogP contribution is -2.30. The predicted molar refractivity (Wildman–Crippen MR) is 70.7 cm³/mol. The van der Waals surface area contributed by atoms with Crippen molar-refractivity contribution in [3.8, 4) is 5.95 Å². The van der Waals surface area contributed by atoms with E-state index in [2.05, 4.69) is 25.4 Å². The molecule has 0 fully saturated rings. The smallest absolute Gasteiger partial charge is 0.257 e. The van der Waals surface area contributed by atoms with E-state index in [1.54, 1.807) is 18.5 Å². The van der Waals surface area contributed by atoms with E-state index in [9.17, 15) is 5.11 Å². The zero-order valence-corrected chi connectivity index (χ0v) is 10.9. The molecule has 102 valence electrons. The molecule has 2 rings (SSSR count). The van der Waals surface area contributed by atoms with Crippen LogP contribution < -0.4 is 11.1 Å². The van der Waals surface area contributed by atoms with Gasteiger partial charge in [0.1, 0.15) is 0 Å². The minimum absolute atomic E-state index is 0.0135. The molecular formula is C11H17N7O. The largest absolute Gasteiger partial charge is 0.394 e. The number of nitrogens with zero attached hydrogens (tertiary/aromatic N) is 5. The van der Waals surface area contributed by atoms with Crippen LogP contribution in [-0.2, 0) is 0 Å². The van der Waals surface area contributed by atoms with Gasteiger partial charge in [-0.2, -0.15) is 20.1 Å². The molecular weight excluding hydrogens is 246 g/mol. The van der Waals surface area contributed by atoms with Gasteiger partial charge >= 0.3 is 0 Å². The van der Waals surface area contributed by atoms with Gasteiger partial charge in [0.15, 0.2) is 0 Å². The summed E-state index contributed by atoms with van der Waals surface area (Å²) in [5, 5.41) is 16.4. The van der Waals surface area contributed by atoms with Gasteiger partial charge in [-0.05, 0) is 12.0 Å². The molecule has 0 aliphatic carbocycles. The van der Waals surface area contributed by atoms with Gasteiger partial charge in [0.05, 0.1) is 12.6 Å². The van der Waals surface area contributed by atoms with Gasteiger partial charge < -0.3 is 16.2 Å². The molecule has 0 radical (unpaired) electrons. The Morgan fingerprint density at radius 2 is 2.16 bits per heavy atom. The number of hydrogen-bond donors (Lipinski definition) is 3. The lowest BCUT2D eigenvalue weighted by Gasteiger charge is -2.19. The number of nitrogen functional groups attached to an aromatic ring is 1. The number of hydrogen-bond acceptors (Lipinski definition) is 7. The summed E-state index contributed by atoms with van der Waals surface area (Å²) in [4.78, 5) is 12.2. The summed E-state index contributed by atoms with van der Waals surface area (Å²) in [6.07, 6.45) is 3.34. The number of nitrogens with two attached hydrogens (primary N) is 1. The first kappa shape index (κ1) is 13.2. The van der Waals surface area contributed by atoms with Crippen molar-refractivity contribution in [2.75, 3.05) is 17.7 Å². The molecule has 0 aliphatic heterocycles. The van der Waals surface area contributed by atoms with E-state index in [0.717, 1.165) is 0 Å². The van der Waals surface area contributed by atoms with Gasteiger partial charge in [-0.1, -0.05) is 13.8 Å². The van der Waals surface area contributed by atoms with Crippen LogP contribution in [0.25, 0.3) is 5.95 Å². The molecule has 8 heteroatoms. The van der Waals surface area contributed by atoms with Crippen LogP contribution in [0.1, 0.15) is 13.8 Å². The van der Waals surface area contributed by atoms with Crippen molar-refractivity contribution in [1.29, 1.82) is 0 Å². The third kappa shape index (κ3) is 3.16. The standard InChI is InChI=1S/C11H17N7O/c1-7(2)8(6-19)14-10-15-9(12)16-11(17-10)18-5-3-4-13-18/h3-5,7-8,19H,6H2,1-2H3,(H3,12,14,15,16,17). The zero-order valence-electron chi connectivity index (χ0n) is 10.9. The highest BCUT2D eigenvalue weighted by atomic mass is 16.3. The minimum atomic E-state index is -0.146. The molecule has 0 spiro atoms. The Hall–Kier alpha value is -2.22. The van der Waals surface area contributed by atoms with Crippen LogP contribution in [0.2, 0.25) is 0 Å². The van der Waals surface area contributed by atoms with Crippen LogP contribution in [0, 0.1) is 5.92 Å². The van der Waals surface area contributed by atoms with Crippen LogP contribution in [0.4, 0.5) is 11.9 Å². The Bertz CT molecular complexity index is 526. The SMILES string of the molecule is CC(C)C(CO)Nc1nc(N)nc(-n2cccn2)n1. The van der Waals surface area contributed by atoms with Crippen molar-refractivity contribution >= 4 is 11.9 Å². The Kier molecular flexibility index (Phi) is 3.91. The molecule has 1 atom stereocenters. The second-order valence-electron chi connectivity index (χ2n) is 4.45. The summed E-state index contributed by atoms with van der Waals surface area (Å²) in [5.41, 5.74) is 5.65. The van der Waals surface area contributed by atoms with Crippen LogP contribution in [0.15, 0.2) is 18.5 Å². The highest BCUT2D eigenvalue weighted by Crippen LogP contribution is 2.11. The Morgan fingerprint density at radius 3 is 2.74 bits per heavy atom. The van der Waals surface area contributed by atoms with Crippen molar-refractivity contribution in [2.45, 2.75) is 19.9 Å². The van der Waals surface area contributed by atoms with Crippen molar-refractivity contribution in [2.24, 2.45) is 5.92 Å². The maximum Gasteiger partial charge on any atom is 0.257 e. The quantitative estimate of drug-likeness (QED) is 0.699. The molecule has 2 heterocycles. The van der Waals surface area contributed by atoms with Crippen LogP contribution in [-0.4, -0.2) is 42.5 Å². The summed E-state index contributed by atoms with van der Waals surface area (Å²) in [5.74, 6) is 0.991. The monoisotopic (exact) mass is 263 g/mol. The highest BCUT2D eigenvalue weighted by Gasteiger charge is 2.14. The second-order valence-corrected chi connectivity index (χ2v) is 4.45. The first-order valence-corrected chi connectivity index (χ1v) is 5.99. The lowest BCUT2D eigenvalue weighted by molar-refractivity contribution is 0.248. The second kappa shape index (κ2) is 5.61. The number of aliphatic hydroxyl groups excluding tert-OH is 1. The van der Waals surface area contributed by atoms with Gasteiger partial charge in [0, 0.05) is 12.4 Å². The van der Waals surface area contributed by atoms with Gasteiger partial charge in [0.2, 0.25) is 11.9 Å². The Morgan fingerprint density at radius 1 is 1.37 bits per heavy atom. The van der Waals surface area contributed by atoms with Gasteiger partial charge in [-0.15, -0.1) is 0 Å². The summed E-state index contributed by atoms with van der Waals surface area (Å²) in [7, 11) is 0. The maximum absolute atomic E-state index is 9.30. The number of rotatable bonds is 5. The zero-order chi connectivity index (χ0) is 13.8. The Labute approximate surface area is 110 Å². The van der Waals surface area contributed by atoms with Crippen molar-refractivity contribution in [3.63, 3.8) is 0 Å². The van der Waals surface area contributed by atoms with Crippen LogP contribution in [0.3, 0.4) is 0 Å². The fourth-order valence-electron chi connectivity index (χ4n) is 1.52. The average Bonchev–Trinajstić information content (AvgIpc) is 2.88. The molecule has 4 N–H and O–H groups in total. The van der Waals surface area contributed by atoms with E-state index < -0.39 is 0 Å². The molecule has 2 aromatic rings. The van der Waals surface area contributed by atoms with Crippen molar-refractivity contribution in [1.82, 2.24) is 24.7 Å². The Balaban J connectivity index is 2.27. The van der Waals surface area contributed by atoms with E-state index in [4.69, 9.17) is 5.73 Å². The molecule has 2 aromatic heterocycles. The number of aromatic nitrogens is 5. The minimum Gasteiger partial charge on any atom is -0.394 e. The third-order valence-corrected chi connectivity index (χ3v) is 2.67. The molecule has 0 aliphatic rings. The molecule has 0 saturated carbocycles. The van der Waals surface area contributed by atoms with Gasteiger partial charge in [-0.3, -0.25) is 0 Å². The summed E-state index contributed by atoms with van der Waals surface area (Å²) in [6.45, 7) is 3.97. The fraction of sp³-hybridized carbons (Fsp3) is 0.455. The first-order valence-electron chi connectivity index (χ1n) is 5.99. The maximum atomic E-state index is 9.30. The van der Waals surface area contributed by atoms with Crippen molar-refractivity contribution < 1.29 is 5.11 Å².